The van der Waals surface area contributed by atoms with E-state index in [0.29, 0.717) is 0 Å². The molecule has 0 atom stereocenters. The molecule has 0 amide bonds. The van der Waals surface area contributed by atoms with Gasteiger partial charge >= 0.3 is 0 Å². The third kappa shape index (κ3) is 15.4. The Morgan fingerprint density at radius 3 is 1.29 bits per heavy atom. The summed E-state index contributed by atoms with van der Waals surface area (Å²) >= 11 is 3.73. The molecule has 0 aliphatic rings. The number of unbranched alkanes of at least 4 members (excludes halogenated alkanes) is 10. The van der Waals surface area contributed by atoms with E-state index in [1.54, 1.807) is 0 Å². The molecule has 0 bridgehead atoms. The van der Waals surface area contributed by atoms with E-state index in [1.807, 2.05) is 0 Å². The lowest BCUT2D eigenvalue weighted by molar-refractivity contribution is -0.896. The van der Waals surface area contributed by atoms with E-state index in [-0.39, 0.29) is 12.4 Å². The number of hydrogen-bond acceptors (Lipinski definition) is 0. The summed E-state index contributed by atoms with van der Waals surface area (Å²) in [6, 6.07) is 0. The van der Waals surface area contributed by atoms with Gasteiger partial charge in [0.1, 0.15) is 5.45 Å². The van der Waals surface area contributed by atoms with E-state index < -0.39 is 0 Å². The first-order valence-corrected chi connectivity index (χ1v) is 10.2. The Kier molecular flexibility index (Phi) is 19.5. The summed E-state index contributed by atoms with van der Waals surface area (Å²) in [6.07, 6.45) is 17.0. The summed E-state index contributed by atoms with van der Waals surface area (Å²) < 4.78 is 1.22. The number of nitrogens with zero attached hydrogens (tertiary/aromatic N) is 1. The van der Waals surface area contributed by atoms with Crippen LogP contribution in [0.5, 0.6) is 0 Å². The average Bonchev–Trinajstić information content (AvgIpc) is 2.46. The molecular formula is C18H39BrClN. The van der Waals surface area contributed by atoms with Crippen LogP contribution < -0.4 is 12.4 Å². The summed E-state index contributed by atoms with van der Waals surface area (Å²) in [6.45, 7) is 7.29. The van der Waals surface area contributed by atoms with Crippen molar-refractivity contribution in [2.75, 3.05) is 25.6 Å². The van der Waals surface area contributed by atoms with Crippen molar-refractivity contribution in [3.63, 3.8) is 0 Å². The van der Waals surface area contributed by atoms with Gasteiger partial charge in [0.2, 0.25) is 0 Å². The van der Waals surface area contributed by atoms with Crippen LogP contribution in [0.4, 0.5) is 0 Å². The average molecular weight is 385 g/mol. The van der Waals surface area contributed by atoms with Crippen LogP contribution >= 0.6 is 15.9 Å². The monoisotopic (exact) mass is 383 g/mol. The summed E-state index contributed by atoms with van der Waals surface area (Å²) in [5, 5.41) is 0. The predicted octanol–water partition coefficient (Wildman–Crippen LogP) is 3.51. The van der Waals surface area contributed by atoms with Crippen molar-refractivity contribution in [3.05, 3.63) is 0 Å². The van der Waals surface area contributed by atoms with E-state index in [9.17, 15) is 0 Å². The Morgan fingerprint density at radius 2 is 0.952 bits per heavy atom. The fraction of sp³-hybridized carbons (Fsp3) is 1.00. The van der Waals surface area contributed by atoms with Crippen LogP contribution in [0.3, 0.4) is 0 Å². The molecule has 0 spiro atoms. The van der Waals surface area contributed by atoms with E-state index in [1.165, 1.54) is 94.6 Å². The van der Waals surface area contributed by atoms with Crippen molar-refractivity contribution in [2.24, 2.45) is 0 Å². The maximum Gasteiger partial charge on any atom is 0.134 e. The lowest BCUT2D eigenvalue weighted by Gasteiger charge is -2.32. The molecule has 1 nitrogen and oxygen atoms in total. The summed E-state index contributed by atoms with van der Waals surface area (Å²) in [4.78, 5) is 0. The van der Waals surface area contributed by atoms with Gasteiger partial charge in [0.25, 0.3) is 0 Å². The van der Waals surface area contributed by atoms with Gasteiger partial charge < -0.3 is 16.9 Å². The highest BCUT2D eigenvalue weighted by atomic mass is 79.9. The fourth-order valence-corrected chi connectivity index (χ4v) is 3.28. The predicted molar refractivity (Wildman–Crippen MR) is 96.5 cm³/mol. The van der Waals surface area contributed by atoms with Crippen LogP contribution in [0.15, 0.2) is 0 Å². The van der Waals surface area contributed by atoms with Gasteiger partial charge in [0.05, 0.1) is 20.1 Å². The normalized spacial score (nSPS) is 11.4. The van der Waals surface area contributed by atoms with Crippen LogP contribution in [0, 0.1) is 0 Å². The Hall–Kier alpha value is 0.730. The number of quaternary nitrogens is 1. The minimum Gasteiger partial charge on any atom is -1.00 e. The van der Waals surface area contributed by atoms with Crippen molar-refractivity contribution in [1.82, 2.24) is 0 Å². The number of alkyl halides is 1. The van der Waals surface area contributed by atoms with Gasteiger partial charge in [-0.05, 0) is 41.6 Å². The van der Waals surface area contributed by atoms with Crippen molar-refractivity contribution in [3.8, 4) is 0 Å². The molecule has 21 heavy (non-hydrogen) atoms. The second kappa shape index (κ2) is 17.1. The molecule has 0 radical (unpaired) electrons. The zero-order valence-electron chi connectivity index (χ0n) is 14.8. The molecule has 0 saturated carbocycles. The van der Waals surface area contributed by atoms with Crippen LogP contribution in [0.2, 0.25) is 0 Å². The van der Waals surface area contributed by atoms with Gasteiger partial charge in [0.15, 0.2) is 0 Å². The first kappa shape index (κ1) is 24.0. The Morgan fingerprint density at radius 1 is 0.619 bits per heavy atom. The van der Waals surface area contributed by atoms with E-state index in [2.05, 4.69) is 36.8 Å². The van der Waals surface area contributed by atoms with Gasteiger partial charge in [-0.15, -0.1) is 0 Å². The topological polar surface area (TPSA) is 0 Å². The summed E-state index contributed by atoms with van der Waals surface area (Å²) in [5.74, 6) is 0. The standard InChI is InChI=1S/C18H39BrN.ClH/c1-4-6-8-10-12-14-16-20(3,18-19)17-15-13-11-9-7-5-2;/h4-18H2,1-3H3;1H/q+1;/p-1. The molecule has 0 aromatic heterocycles. The Balaban J connectivity index is 0. The molecule has 0 saturated heterocycles. The molecule has 0 N–H and O–H groups in total. The minimum atomic E-state index is 0. The van der Waals surface area contributed by atoms with Crippen LogP contribution in [0.1, 0.15) is 90.9 Å². The summed E-state index contributed by atoms with van der Waals surface area (Å²) in [7, 11) is 2.42. The molecule has 0 rings (SSSR count). The highest BCUT2D eigenvalue weighted by molar-refractivity contribution is 9.09. The molecular weight excluding hydrogens is 346 g/mol. The number of halogens is 2. The molecule has 3 heteroatoms. The molecule has 0 fully saturated rings. The molecule has 0 aromatic rings. The minimum absolute atomic E-state index is 0. The zero-order chi connectivity index (χ0) is 15.1. The zero-order valence-corrected chi connectivity index (χ0v) is 17.2. The van der Waals surface area contributed by atoms with Crippen LogP contribution in [-0.2, 0) is 0 Å². The number of rotatable bonds is 15. The van der Waals surface area contributed by atoms with E-state index in [4.69, 9.17) is 0 Å². The third-order valence-electron chi connectivity index (χ3n) is 4.39. The Bertz CT molecular complexity index is 184. The second-order valence-electron chi connectivity index (χ2n) is 6.72. The molecule has 0 aromatic carbocycles. The van der Waals surface area contributed by atoms with Gasteiger partial charge in [-0.1, -0.05) is 65.2 Å². The fourth-order valence-electron chi connectivity index (χ4n) is 2.78. The molecule has 130 valence electrons. The smallest absolute Gasteiger partial charge is 0.134 e. The third-order valence-corrected chi connectivity index (χ3v) is 5.60. The van der Waals surface area contributed by atoms with Gasteiger partial charge in [-0.2, -0.15) is 0 Å². The Labute approximate surface area is 149 Å². The first-order valence-electron chi connectivity index (χ1n) is 9.08. The second-order valence-corrected chi connectivity index (χ2v) is 7.22. The molecule has 0 unspecified atom stereocenters. The van der Waals surface area contributed by atoms with E-state index >= 15 is 0 Å². The van der Waals surface area contributed by atoms with Crippen molar-refractivity contribution in [2.45, 2.75) is 90.9 Å². The lowest BCUT2D eigenvalue weighted by atomic mass is 10.1. The van der Waals surface area contributed by atoms with Gasteiger partial charge in [-0.3, -0.25) is 0 Å². The largest absolute Gasteiger partial charge is 1.00 e. The van der Waals surface area contributed by atoms with E-state index in [0.717, 1.165) is 5.45 Å². The van der Waals surface area contributed by atoms with Gasteiger partial charge in [-0.25, -0.2) is 0 Å². The number of hydrogen-bond donors (Lipinski definition) is 0. The van der Waals surface area contributed by atoms with Crippen molar-refractivity contribution >= 4 is 15.9 Å². The summed E-state index contributed by atoms with van der Waals surface area (Å²) in [5.41, 5.74) is 1.12. The van der Waals surface area contributed by atoms with Crippen LogP contribution in [-0.4, -0.2) is 30.1 Å². The first-order chi connectivity index (χ1) is 9.68. The molecule has 0 heterocycles. The maximum absolute atomic E-state index is 3.73. The van der Waals surface area contributed by atoms with Crippen molar-refractivity contribution < 1.29 is 16.9 Å². The maximum atomic E-state index is 3.73. The van der Waals surface area contributed by atoms with Crippen LogP contribution in [0.25, 0.3) is 0 Å². The lowest BCUT2D eigenvalue weighted by Crippen LogP contribution is -3.00. The van der Waals surface area contributed by atoms with Gasteiger partial charge in [0, 0.05) is 0 Å². The van der Waals surface area contributed by atoms with Crippen molar-refractivity contribution in [1.29, 1.82) is 0 Å². The molecule has 0 aliphatic heterocycles. The SMILES string of the molecule is CCCCCCCC[N+](C)(CBr)CCCCCCCC.[Cl-]. The molecule has 0 aliphatic carbocycles. The highest BCUT2D eigenvalue weighted by Gasteiger charge is 2.18. The highest BCUT2D eigenvalue weighted by Crippen LogP contribution is 2.14. The quantitative estimate of drug-likeness (QED) is 0.175.